The molecule has 0 radical (unpaired) electrons. The molecule has 0 aliphatic rings. The maximum Gasteiger partial charge on any atom is 0.255 e. The normalized spacial score (nSPS) is 10.7. The van der Waals surface area contributed by atoms with Gasteiger partial charge in [0, 0.05) is 6.07 Å². The van der Waals surface area contributed by atoms with Crippen LogP contribution in [0.5, 0.6) is 0 Å². The minimum absolute atomic E-state index is 0.156. The Kier molecular flexibility index (Phi) is 2.45. The average molecular weight is 252 g/mol. The average Bonchev–Trinajstić information content (AvgIpc) is 2.40. The van der Waals surface area contributed by atoms with Gasteiger partial charge in [0.2, 0.25) is 0 Å². The lowest BCUT2D eigenvalue weighted by molar-refractivity contribution is 1.03. The van der Waals surface area contributed by atoms with Crippen LogP contribution in [0.25, 0.3) is 16.6 Å². The number of hydrogen-bond donors (Lipinski definition) is 2. The van der Waals surface area contributed by atoms with Crippen molar-refractivity contribution >= 4 is 22.5 Å². The third-order valence-electron chi connectivity index (χ3n) is 2.97. The first-order valence-corrected chi connectivity index (χ1v) is 5.80. The van der Waals surface area contributed by atoms with Crippen LogP contribution in [-0.2, 0) is 0 Å². The zero-order valence-electron chi connectivity index (χ0n) is 10.1. The van der Waals surface area contributed by atoms with Gasteiger partial charge in [0.05, 0.1) is 11.2 Å². The van der Waals surface area contributed by atoms with Crippen LogP contribution in [0, 0.1) is 0 Å². The van der Waals surface area contributed by atoms with Crippen molar-refractivity contribution in [2.24, 2.45) is 0 Å². The van der Waals surface area contributed by atoms with E-state index in [4.69, 9.17) is 11.5 Å². The highest BCUT2D eigenvalue weighted by molar-refractivity contribution is 5.81. The molecule has 1 aromatic carbocycles. The fraction of sp³-hybridized carbons (Fsp3) is 0. The minimum Gasteiger partial charge on any atom is -0.384 e. The molecule has 0 unspecified atom stereocenters. The van der Waals surface area contributed by atoms with Crippen molar-refractivity contribution in [2.75, 3.05) is 11.5 Å². The lowest BCUT2D eigenvalue weighted by atomic mass is 10.2. The number of pyridine rings is 2. The van der Waals surface area contributed by atoms with Gasteiger partial charge >= 0.3 is 0 Å². The third-order valence-corrected chi connectivity index (χ3v) is 2.97. The summed E-state index contributed by atoms with van der Waals surface area (Å²) >= 11 is 0. The van der Waals surface area contributed by atoms with E-state index >= 15 is 0 Å². The molecule has 2 heterocycles. The van der Waals surface area contributed by atoms with Gasteiger partial charge in [-0.05, 0) is 29.7 Å². The Labute approximate surface area is 109 Å². The van der Waals surface area contributed by atoms with Crippen molar-refractivity contribution in [1.82, 2.24) is 9.55 Å². The topological polar surface area (TPSA) is 86.9 Å². The second kappa shape index (κ2) is 4.13. The fourth-order valence-electron chi connectivity index (χ4n) is 2.11. The van der Waals surface area contributed by atoms with Gasteiger partial charge in [-0.25, -0.2) is 4.98 Å². The highest BCUT2D eigenvalue weighted by Gasteiger charge is 2.09. The molecule has 2 aromatic heterocycles. The maximum absolute atomic E-state index is 12.1. The van der Waals surface area contributed by atoms with E-state index in [1.54, 1.807) is 18.2 Å². The van der Waals surface area contributed by atoms with E-state index in [0.717, 1.165) is 10.9 Å². The SMILES string of the molecule is Nc1ccc(-n2c(=O)ccc3ccccc32)c(N)n1. The Morgan fingerprint density at radius 3 is 2.53 bits per heavy atom. The molecular weight excluding hydrogens is 240 g/mol. The Bertz CT molecular complexity index is 823. The predicted octanol–water partition coefficient (Wildman–Crippen LogP) is 1.55. The largest absolute Gasteiger partial charge is 0.384 e. The Hall–Kier alpha value is -2.82. The van der Waals surface area contributed by atoms with E-state index < -0.39 is 0 Å². The summed E-state index contributed by atoms with van der Waals surface area (Å²) in [6.07, 6.45) is 0. The molecule has 3 rings (SSSR count). The predicted molar refractivity (Wildman–Crippen MR) is 76.2 cm³/mol. The molecule has 0 amide bonds. The molecule has 5 nitrogen and oxygen atoms in total. The molecule has 0 aliphatic carbocycles. The molecule has 0 bridgehead atoms. The molecule has 94 valence electrons. The minimum atomic E-state index is -0.156. The van der Waals surface area contributed by atoms with Crippen LogP contribution in [0.3, 0.4) is 0 Å². The van der Waals surface area contributed by atoms with Crippen LogP contribution in [-0.4, -0.2) is 9.55 Å². The highest BCUT2D eigenvalue weighted by Crippen LogP contribution is 2.20. The summed E-state index contributed by atoms with van der Waals surface area (Å²) in [5.74, 6) is 0.563. The number of rotatable bonds is 1. The second-order valence-electron chi connectivity index (χ2n) is 4.21. The highest BCUT2D eigenvalue weighted by atomic mass is 16.1. The van der Waals surface area contributed by atoms with Gasteiger partial charge < -0.3 is 11.5 Å². The van der Waals surface area contributed by atoms with E-state index in [1.807, 2.05) is 24.3 Å². The van der Waals surface area contributed by atoms with E-state index in [2.05, 4.69) is 4.98 Å². The molecular formula is C14H12N4O. The van der Waals surface area contributed by atoms with Crippen molar-refractivity contribution < 1.29 is 0 Å². The number of anilines is 2. The number of nitrogens with zero attached hydrogens (tertiary/aromatic N) is 2. The van der Waals surface area contributed by atoms with E-state index in [9.17, 15) is 4.79 Å². The first kappa shape index (κ1) is 11.3. The molecule has 0 atom stereocenters. The lowest BCUT2D eigenvalue weighted by Crippen LogP contribution is -2.19. The molecule has 5 heteroatoms. The van der Waals surface area contributed by atoms with Gasteiger partial charge in [-0.15, -0.1) is 0 Å². The Morgan fingerprint density at radius 1 is 0.947 bits per heavy atom. The van der Waals surface area contributed by atoms with Gasteiger partial charge in [-0.1, -0.05) is 18.2 Å². The Morgan fingerprint density at radius 2 is 1.74 bits per heavy atom. The van der Waals surface area contributed by atoms with Gasteiger partial charge in [-0.3, -0.25) is 9.36 Å². The van der Waals surface area contributed by atoms with Gasteiger partial charge in [-0.2, -0.15) is 0 Å². The van der Waals surface area contributed by atoms with Crippen LogP contribution >= 0.6 is 0 Å². The van der Waals surface area contributed by atoms with Crippen LogP contribution in [0.1, 0.15) is 0 Å². The van der Waals surface area contributed by atoms with Crippen molar-refractivity contribution in [2.45, 2.75) is 0 Å². The summed E-state index contributed by atoms with van der Waals surface area (Å²) in [7, 11) is 0. The van der Waals surface area contributed by atoms with Crippen molar-refractivity contribution in [1.29, 1.82) is 0 Å². The van der Waals surface area contributed by atoms with Crippen molar-refractivity contribution in [3.63, 3.8) is 0 Å². The number of aromatic nitrogens is 2. The van der Waals surface area contributed by atoms with E-state index in [0.29, 0.717) is 11.5 Å². The van der Waals surface area contributed by atoms with Gasteiger partial charge in [0.1, 0.15) is 11.6 Å². The number of nitrogen functional groups attached to an aromatic ring is 2. The lowest BCUT2D eigenvalue weighted by Gasteiger charge is -2.11. The number of nitrogens with two attached hydrogens (primary N) is 2. The molecule has 0 saturated carbocycles. The first-order valence-electron chi connectivity index (χ1n) is 5.80. The number of hydrogen-bond acceptors (Lipinski definition) is 4. The summed E-state index contributed by atoms with van der Waals surface area (Å²) in [5, 5.41) is 0.957. The molecule has 19 heavy (non-hydrogen) atoms. The fourth-order valence-corrected chi connectivity index (χ4v) is 2.11. The summed E-state index contributed by atoms with van der Waals surface area (Å²) in [5.41, 5.74) is 12.6. The van der Waals surface area contributed by atoms with Gasteiger partial charge in [0.25, 0.3) is 5.56 Å². The summed E-state index contributed by atoms with van der Waals surface area (Å²) in [6, 6.07) is 14.2. The van der Waals surface area contributed by atoms with Crippen molar-refractivity contribution in [3.8, 4) is 5.69 Å². The summed E-state index contributed by atoms with van der Waals surface area (Å²) in [6.45, 7) is 0. The number of benzene rings is 1. The Balaban J connectivity index is 2.42. The monoisotopic (exact) mass is 252 g/mol. The summed E-state index contributed by atoms with van der Waals surface area (Å²) < 4.78 is 1.54. The second-order valence-corrected chi connectivity index (χ2v) is 4.21. The number of para-hydroxylation sites is 1. The van der Waals surface area contributed by atoms with Crippen LogP contribution < -0.4 is 17.0 Å². The molecule has 4 N–H and O–H groups in total. The molecule has 0 aliphatic heterocycles. The van der Waals surface area contributed by atoms with Gasteiger partial charge in [0.15, 0.2) is 0 Å². The first-order chi connectivity index (χ1) is 9.16. The van der Waals surface area contributed by atoms with Crippen molar-refractivity contribution in [3.05, 3.63) is 58.9 Å². The van der Waals surface area contributed by atoms with Crippen LogP contribution in [0.2, 0.25) is 0 Å². The van der Waals surface area contributed by atoms with E-state index in [-0.39, 0.29) is 11.4 Å². The smallest absolute Gasteiger partial charge is 0.255 e. The molecule has 0 saturated heterocycles. The standard InChI is InChI=1S/C14H12N4O/c15-12-7-6-11(14(16)17-12)18-10-4-2-1-3-9(10)5-8-13(18)19/h1-8H,(H4,15,16,17). The molecule has 0 fully saturated rings. The van der Waals surface area contributed by atoms with E-state index in [1.165, 1.54) is 10.6 Å². The zero-order valence-corrected chi connectivity index (χ0v) is 10.1. The summed E-state index contributed by atoms with van der Waals surface area (Å²) in [4.78, 5) is 16.1. The molecule has 0 spiro atoms. The third kappa shape index (κ3) is 1.81. The maximum atomic E-state index is 12.1. The molecule has 3 aromatic rings. The quantitative estimate of drug-likeness (QED) is 0.688. The number of fused-ring (bicyclic) bond motifs is 1. The van der Waals surface area contributed by atoms with Crippen LogP contribution in [0.4, 0.5) is 11.6 Å². The zero-order chi connectivity index (χ0) is 13.4. The van der Waals surface area contributed by atoms with Crippen LogP contribution in [0.15, 0.2) is 53.3 Å².